The third-order valence-corrected chi connectivity index (χ3v) is 2.61. The van der Waals surface area contributed by atoms with Crippen molar-refractivity contribution in [1.82, 2.24) is 9.97 Å². The fraction of sp³-hybridized carbons (Fsp3) is 0.333. The number of fused-ring (bicyclic) bond motifs is 1. The topological polar surface area (TPSA) is 45.8 Å². The van der Waals surface area contributed by atoms with Crippen molar-refractivity contribution in [2.45, 2.75) is 26.7 Å². The highest BCUT2D eigenvalue weighted by molar-refractivity contribution is 5.57. The van der Waals surface area contributed by atoms with Gasteiger partial charge in [0.2, 0.25) is 0 Å². The summed E-state index contributed by atoms with van der Waals surface area (Å²) in [4.78, 5) is 18.3. The summed E-state index contributed by atoms with van der Waals surface area (Å²) in [5, 5.41) is 0. The Kier molecular flexibility index (Phi) is 2.50. The van der Waals surface area contributed by atoms with Gasteiger partial charge in [-0.1, -0.05) is 13.8 Å². The molecule has 0 aromatic carbocycles. The molecule has 3 nitrogen and oxygen atoms in total. The lowest BCUT2D eigenvalue weighted by Crippen LogP contribution is -2.16. The van der Waals surface area contributed by atoms with E-state index in [4.69, 9.17) is 0 Å². The summed E-state index contributed by atoms with van der Waals surface area (Å²) < 4.78 is 13.3. The number of aromatic nitrogens is 2. The molecular weight excluding hydrogens is 207 g/mol. The molecule has 16 heavy (non-hydrogen) atoms. The highest BCUT2D eigenvalue weighted by Crippen LogP contribution is 2.21. The first-order chi connectivity index (χ1) is 7.49. The lowest BCUT2D eigenvalue weighted by atomic mass is 10.0. The number of nitrogens with zero attached hydrogens (tertiary/aromatic N) is 1. The van der Waals surface area contributed by atoms with Crippen LogP contribution in [0.25, 0.3) is 11.4 Å². The molecule has 0 saturated heterocycles. The van der Waals surface area contributed by atoms with E-state index in [9.17, 15) is 9.18 Å². The van der Waals surface area contributed by atoms with Gasteiger partial charge in [0.25, 0.3) is 5.56 Å². The van der Waals surface area contributed by atoms with Crippen LogP contribution in [-0.2, 0) is 0 Å². The number of rotatable bonds is 1. The van der Waals surface area contributed by atoms with Gasteiger partial charge in [0.15, 0.2) is 0 Å². The van der Waals surface area contributed by atoms with Crippen molar-refractivity contribution >= 4 is 0 Å². The largest absolute Gasteiger partial charge is 0.341 e. The second-order valence-electron chi connectivity index (χ2n) is 4.22. The molecule has 1 N–H and O–H groups in total. The van der Waals surface area contributed by atoms with E-state index < -0.39 is 0 Å². The summed E-state index contributed by atoms with van der Waals surface area (Å²) in [6, 6.07) is 3.10. The number of nitrogens with one attached hydrogen (secondary N) is 1. The van der Waals surface area contributed by atoms with Crippen LogP contribution in [0.2, 0.25) is 0 Å². The van der Waals surface area contributed by atoms with E-state index >= 15 is 0 Å². The van der Waals surface area contributed by atoms with Gasteiger partial charge in [-0.3, -0.25) is 4.79 Å². The Labute approximate surface area is 92.7 Å². The quantitative estimate of drug-likeness (QED) is 0.802. The van der Waals surface area contributed by atoms with E-state index in [0.717, 1.165) is 0 Å². The Bertz CT molecular complexity index is 560. The van der Waals surface area contributed by atoms with E-state index in [2.05, 4.69) is 9.97 Å². The van der Waals surface area contributed by atoms with Crippen molar-refractivity contribution in [3.05, 3.63) is 39.6 Å². The first-order valence-electron chi connectivity index (χ1n) is 5.19. The maximum absolute atomic E-state index is 13.3. The van der Waals surface area contributed by atoms with Gasteiger partial charge >= 0.3 is 0 Å². The Balaban J connectivity index is 2.76. The summed E-state index contributed by atoms with van der Waals surface area (Å²) in [6.07, 6.45) is 0. The SMILES string of the molecule is Cc1[nH]c2nc(=O)c(C(C)C)cc-2cc1F. The number of hydrogen-bond donors (Lipinski definition) is 1. The minimum Gasteiger partial charge on any atom is -0.341 e. The molecule has 0 radical (unpaired) electrons. The molecule has 0 spiro atoms. The summed E-state index contributed by atoms with van der Waals surface area (Å²) in [5.41, 5.74) is 1.39. The monoisotopic (exact) mass is 220 g/mol. The maximum atomic E-state index is 13.3. The molecule has 2 rings (SSSR count). The number of pyridine rings is 2. The lowest BCUT2D eigenvalue weighted by Gasteiger charge is -2.10. The maximum Gasteiger partial charge on any atom is 0.275 e. The van der Waals surface area contributed by atoms with Gasteiger partial charge in [0.05, 0.1) is 0 Å². The van der Waals surface area contributed by atoms with Gasteiger partial charge in [0.1, 0.15) is 11.6 Å². The standard InChI is InChI=1S/C12H13FN2O/c1-6(2)9-4-8-5-10(13)7(3)14-11(8)15-12(9)16/h4-6H,1-3H3,(H,14,15,16). The molecule has 0 bridgehead atoms. The van der Waals surface area contributed by atoms with Gasteiger partial charge in [-0.25, -0.2) is 4.39 Å². The smallest absolute Gasteiger partial charge is 0.275 e. The second-order valence-corrected chi connectivity index (χ2v) is 4.22. The van der Waals surface area contributed by atoms with Crippen molar-refractivity contribution in [3.63, 3.8) is 0 Å². The van der Waals surface area contributed by atoms with Crippen molar-refractivity contribution in [2.24, 2.45) is 0 Å². The van der Waals surface area contributed by atoms with Crippen molar-refractivity contribution in [2.75, 3.05) is 0 Å². The summed E-state index contributed by atoms with van der Waals surface area (Å²) >= 11 is 0. The second kappa shape index (κ2) is 3.70. The number of H-pyrrole nitrogens is 1. The van der Waals surface area contributed by atoms with Crippen molar-refractivity contribution in [3.8, 4) is 11.4 Å². The Morgan fingerprint density at radius 3 is 2.69 bits per heavy atom. The van der Waals surface area contributed by atoms with Crippen LogP contribution in [0.4, 0.5) is 4.39 Å². The molecule has 2 aliphatic rings. The molecule has 0 aromatic heterocycles. The molecule has 0 aromatic rings. The number of aromatic amines is 1. The highest BCUT2D eigenvalue weighted by Gasteiger charge is 2.13. The average Bonchev–Trinajstić information content (AvgIpc) is 2.19. The van der Waals surface area contributed by atoms with Crippen molar-refractivity contribution < 1.29 is 4.39 Å². The Hall–Kier alpha value is -1.71. The van der Waals surface area contributed by atoms with Crippen LogP contribution in [0.15, 0.2) is 16.9 Å². The van der Waals surface area contributed by atoms with Crippen LogP contribution >= 0.6 is 0 Å². The zero-order valence-corrected chi connectivity index (χ0v) is 9.47. The number of halogens is 1. The lowest BCUT2D eigenvalue weighted by molar-refractivity contribution is 0.609. The molecule has 2 aliphatic heterocycles. The highest BCUT2D eigenvalue weighted by atomic mass is 19.1. The molecule has 0 amide bonds. The minimum absolute atomic E-state index is 0.0914. The summed E-state index contributed by atoms with van der Waals surface area (Å²) in [7, 11) is 0. The van der Waals surface area contributed by atoms with Crippen LogP contribution in [0, 0.1) is 12.7 Å². The first kappa shape index (κ1) is 10.8. The van der Waals surface area contributed by atoms with Crippen LogP contribution in [0.1, 0.15) is 31.0 Å². The molecule has 84 valence electrons. The predicted molar refractivity (Wildman–Crippen MR) is 60.3 cm³/mol. The average molecular weight is 220 g/mol. The Morgan fingerprint density at radius 1 is 1.38 bits per heavy atom. The van der Waals surface area contributed by atoms with E-state index in [1.54, 1.807) is 13.0 Å². The van der Waals surface area contributed by atoms with E-state index in [-0.39, 0.29) is 17.3 Å². The van der Waals surface area contributed by atoms with Gasteiger partial charge in [-0.15, -0.1) is 0 Å². The fourth-order valence-corrected chi connectivity index (χ4v) is 1.63. The van der Waals surface area contributed by atoms with E-state index in [1.165, 1.54) is 6.07 Å². The predicted octanol–water partition coefficient (Wildman–Crippen LogP) is 2.45. The zero-order valence-electron chi connectivity index (χ0n) is 9.47. The summed E-state index contributed by atoms with van der Waals surface area (Å²) in [6.45, 7) is 5.44. The van der Waals surface area contributed by atoms with Gasteiger partial charge in [-0.05, 0) is 25.0 Å². The molecule has 0 atom stereocenters. The van der Waals surface area contributed by atoms with Gasteiger partial charge in [0, 0.05) is 16.8 Å². The molecule has 0 fully saturated rings. The Morgan fingerprint density at radius 2 is 2.06 bits per heavy atom. The third-order valence-electron chi connectivity index (χ3n) is 2.61. The van der Waals surface area contributed by atoms with Crippen LogP contribution in [0.3, 0.4) is 0 Å². The third kappa shape index (κ3) is 1.71. The molecular formula is C12H13FN2O. The van der Waals surface area contributed by atoms with Crippen molar-refractivity contribution in [1.29, 1.82) is 0 Å². The summed E-state index contributed by atoms with van der Waals surface area (Å²) in [5.74, 6) is 0.213. The molecule has 0 unspecified atom stereocenters. The van der Waals surface area contributed by atoms with E-state index in [0.29, 0.717) is 22.6 Å². The first-order valence-corrected chi connectivity index (χ1v) is 5.19. The minimum atomic E-state index is -0.317. The van der Waals surface area contributed by atoms with Crippen LogP contribution in [0.5, 0.6) is 0 Å². The number of hydrogen-bond acceptors (Lipinski definition) is 2. The molecule has 0 aliphatic carbocycles. The fourth-order valence-electron chi connectivity index (χ4n) is 1.63. The van der Waals surface area contributed by atoms with Crippen LogP contribution in [-0.4, -0.2) is 9.97 Å². The molecule has 4 heteroatoms. The van der Waals surface area contributed by atoms with Gasteiger partial charge in [-0.2, -0.15) is 4.98 Å². The van der Waals surface area contributed by atoms with E-state index in [1.807, 2.05) is 13.8 Å². The number of aryl methyl sites for hydroxylation is 1. The molecule has 2 heterocycles. The zero-order chi connectivity index (χ0) is 11.9. The molecule has 0 saturated carbocycles. The normalized spacial score (nSPS) is 11.3. The van der Waals surface area contributed by atoms with Crippen LogP contribution < -0.4 is 5.56 Å². The van der Waals surface area contributed by atoms with Gasteiger partial charge < -0.3 is 4.98 Å².